The van der Waals surface area contributed by atoms with Crippen LogP contribution < -0.4 is 5.32 Å². The van der Waals surface area contributed by atoms with E-state index >= 15 is 0 Å². The summed E-state index contributed by atoms with van der Waals surface area (Å²) in [6, 6.07) is 5.54. The third-order valence-corrected chi connectivity index (χ3v) is 4.76. The van der Waals surface area contributed by atoms with E-state index in [2.05, 4.69) is 35.7 Å². The summed E-state index contributed by atoms with van der Waals surface area (Å²) < 4.78 is 0. The first-order valence-electron chi connectivity index (χ1n) is 8.95. The molecule has 0 unspecified atom stereocenters. The molecule has 0 atom stereocenters. The maximum Gasteiger partial charge on any atom is 0.272 e. The summed E-state index contributed by atoms with van der Waals surface area (Å²) >= 11 is 0. The molecule has 0 spiro atoms. The summed E-state index contributed by atoms with van der Waals surface area (Å²) in [7, 11) is 0. The number of nitrogens with one attached hydrogen (secondary N) is 3. The van der Waals surface area contributed by atoms with Crippen LogP contribution in [-0.4, -0.2) is 36.3 Å². The van der Waals surface area contributed by atoms with Gasteiger partial charge >= 0.3 is 0 Å². The Kier molecular flexibility index (Phi) is 4.72. The van der Waals surface area contributed by atoms with Crippen molar-refractivity contribution in [1.82, 2.24) is 35.7 Å². The minimum Gasteiger partial charge on any atom is -0.343 e. The van der Waals surface area contributed by atoms with Crippen LogP contribution in [0.4, 0.5) is 0 Å². The predicted octanol–water partition coefficient (Wildman–Crippen LogP) is 2.57. The van der Waals surface area contributed by atoms with Crippen LogP contribution in [0.25, 0.3) is 11.4 Å². The molecule has 0 bridgehead atoms. The lowest BCUT2D eigenvalue weighted by Gasteiger charge is -2.19. The third-order valence-electron chi connectivity index (χ3n) is 4.76. The number of aromatic nitrogens is 6. The summed E-state index contributed by atoms with van der Waals surface area (Å²) in [5, 5.41) is 17.0. The second kappa shape index (κ2) is 7.47. The first kappa shape index (κ1) is 16.4. The molecule has 0 radical (unpaired) electrons. The van der Waals surface area contributed by atoms with E-state index in [1.165, 1.54) is 32.1 Å². The highest BCUT2D eigenvalue weighted by Crippen LogP contribution is 2.31. The van der Waals surface area contributed by atoms with Gasteiger partial charge in [0, 0.05) is 29.6 Å². The van der Waals surface area contributed by atoms with Crippen LogP contribution in [-0.2, 0) is 6.54 Å². The quantitative estimate of drug-likeness (QED) is 0.654. The maximum atomic E-state index is 12.3. The molecule has 8 nitrogen and oxygen atoms in total. The number of aromatic amines is 2. The van der Waals surface area contributed by atoms with E-state index in [9.17, 15) is 4.79 Å². The van der Waals surface area contributed by atoms with E-state index in [0.29, 0.717) is 23.3 Å². The van der Waals surface area contributed by atoms with Crippen LogP contribution in [0, 0.1) is 0 Å². The number of amides is 1. The van der Waals surface area contributed by atoms with E-state index in [1.807, 2.05) is 18.2 Å². The number of pyridine rings is 1. The van der Waals surface area contributed by atoms with Gasteiger partial charge in [0.15, 0.2) is 5.82 Å². The molecule has 1 saturated carbocycles. The minimum atomic E-state index is -0.217. The SMILES string of the molecule is O=C(NCc1nc(-c2ccncc2)n[nH]1)c1cc(C2CCCCC2)[nH]n1. The predicted molar refractivity (Wildman–Crippen MR) is 95.2 cm³/mol. The Bertz CT molecular complexity index is 865. The molecule has 3 heterocycles. The van der Waals surface area contributed by atoms with Crippen molar-refractivity contribution in [1.29, 1.82) is 0 Å². The van der Waals surface area contributed by atoms with Crippen LogP contribution in [0.5, 0.6) is 0 Å². The summed E-state index contributed by atoms with van der Waals surface area (Å²) in [5.74, 6) is 1.45. The number of carbonyl (C=O) groups excluding carboxylic acids is 1. The maximum absolute atomic E-state index is 12.3. The van der Waals surface area contributed by atoms with E-state index in [4.69, 9.17) is 0 Å². The van der Waals surface area contributed by atoms with Gasteiger partial charge in [-0.1, -0.05) is 19.3 Å². The van der Waals surface area contributed by atoms with Crippen molar-refractivity contribution in [3.63, 3.8) is 0 Å². The fourth-order valence-corrected chi connectivity index (χ4v) is 3.33. The van der Waals surface area contributed by atoms with Crippen molar-refractivity contribution >= 4 is 5.91 Å². The Balaban J connectivity index is 1.35. The van der Waals surface area contributed by atoms with Crippen LogP contribution in [0.15, 0.2) is 30.6 Å². The van der Waals surface area contributed by atoms with E-state index in [0.717, 1.165) is 11.3 Å². The Labute approximate surface area is 150 Å². The van der Waals surface area contributed by atoms with Gasteiger partial charge in [-0.2, -0.15) is 10.2 Å². The molecule has 8 heteroatoms. The highest BCUT2D eigenvalue weighted by molar-refractivity contribution is 5.92. The molecule has 0 saturated heterocycles. The lowest BCUT2D eigenvalue weighted by molar-refractivity contribution is 0.0945. The molecule has 0 aliphatic heterocycles. The van der Waals surface area contributed by atoms with E-state index < -0.39 is 0 Å². The Morgan fingerprint density at radius 1 is 1.12 bits per heavy atom. The molecule has 1 amide bonds. The molecule has 4 rings (SSSR count). The third kappa shape index (κ3) is 3.63. The minimum absolute atomic E-state index is 0.217. The molecule has 1 aliphatic rings. The average Bonchev–Trinajstić information content (AvgIpc) is 3.37. The molecule has 26 heavy (non-hydrogen) atoms. The molecule has 3 aromatic rings. The smallest absolute Gasteiger partial charge is 0.272 e. The van der Waals surface area contributed by atoms with Crippen LogP contribution in [0.2, 0.25) is 0 Å². The van der Waals surface area contributed by atoms with Gasteiger partial charge in [0.25, 0.3) is 5.91 Å². The second-order valence-corrected chi connectivity index (χ2v) is 6.57. The monoisotopic (exact) mass is 351 g/mol. The number of nitrogens with zero attached hydrogens (tertiary/aromatic N) is 4. The molecule has 1 fully saturated rings. The van der Waals surface area contributed by atoms with Gasteiger partial charge in [0.05, 0.1) is 6.54 Å². The van der Waals surface area contributed by atoms with Crippen molar-refractivity contribution in [2.75, 3.05) is 0 Å². The van der Waals surface area contributed by atoms with Gasteiger partial charge in [-0.05, 0) is 31.0 Å². The Morgan fingerprint density at radius 3 is 2.73 bits per heavy atom. The summed E-state index contributed by atoms with van der Waals surface area (Å²) in [6.07, 6.45) is 9.51. The molecular weight excluding hydrogens is 330 g/mol. The zero-order chi connectivity index (χ0) is 17.8. The van der Waals surface area contributed by atoms with Gasteiger partial charge < -0.3 is 5.32 Å². The van der Waals surface area contributed by atoms with Gasteiger partial charge in [-0.3, -0.25) is 20.0 Å². The largest absolute Gasteiger partial charge is 0.343 e. The molecule has 3 N–H and O–H groups in total. The topological polar surface area (TPSA) is 112 Å². The summed E-state index contributed by atoms with van der Waals surface area (Å²) in [5.41, 5.74) is 2.35. The Morgan fingerprint density at radius 2 is 1.92 bits per heavy atom. The normalized spacial score (nSPS) is 15.1. The van der Waals surface area contributed by atoms with E-state index in [1.54, 1.807) is 12.4 Å². The first-order valence-corrected chi connectivity index (χ1v) is 8.95. The molecule has 0 aromatic carbocycles. The molecular formula is C18H21N7O. The molecule has 134 valence electrons. The van der Waals surface area contributed by atoms with Crippen molar-refractivity contribution in [3.05, 3.63) is 47.8 Å². The van der Waals surface area contributed by atoms with Crippen LogP contribution in [0.1, 0.15) is 60.0 Å². The number of hydrogen-bond acceptors (Lipinski definition) is 5. The fourth-order valence-electron chi connectivity index (χ4n) is 3.33. The van der Waals surface area contributed by atoms with Crippen molar-refractivity contribution in [3.8, 4) is 11.4 Å². The number of hydrogen-bond donors (Lipinski definition) is 3. The van der Waals surface area contributed by atoms with Crippen LogP contribution in [0.3, 0.4) is 0 Å². The van der Waals surface area contributed by atoms with Gasteiger partial charge in [0.1, 0.15) is 11.5 Å². The number of carbonyl (C=O) groups is 1. The zero-order valence-corrected chi connectivity index (χ0v) is 14.4. The van der Waals surface area contributed by atoms with Gasteiger partial charge in [-0.25, -0.2) is 4.98 Å². The molecule has 3 aromatic heterocycles. The van der Waals surface area contributed by atoms with Gasteiger partial charge in [0.2, 0.25) is 0 Å². The highest BCUT2D eigenvalue weighted by atomic mass is 16.1. The van der Waals surface area contributed by atoms with Gasteiger partial charge in [-0.15, -0.1) is 0 Å². The zero-order valence-electron chi connectivity index (χ0n) is 14.4. The summed E-state index contributed by atoms with van der Waals surface area (Å²) in [6.45, 7) is 0.266. The lowest BCUT2D eigenvalue weighted by atomic mass is 9.87. The average molecular weight is 351 g/mol. The standard InChI is InChI=1S/C18H21N7O/c26-18(15-10-14(22-23-15)12-4-2-1-3-5-12)20-11-16-21-17(25-24-16)13-6-8-19-9-7-13/h6-10,12H,1-5,11H2,(H,20,26)(H,22,23)(H,21,24,25). The number of H-pyrrole nitrogens is 2. The van der Waals surface area contributed by atoms with Crippen molar-refractivity contribution in [2.24, 2.45) is 0 Å². The second-order valence-electron chi connectivity index (χ2n) is 6.57. The Hall–Kier alpha value is -3.03. The number of rotatable bonds is 5. The van der Waals surface area contributed by atoms with Crippen molar-refractivity contribution < 1.29 is 4.79 Å². The van der Waals surface area contributed by atoms with Crippen molar-refractivity contribution in [2.45, 2.75) is 44.6 Å². The summed E-state index contributed by atoms with van der Waals surface area (Å²) in [4.78, 5) is 20.7. The van der Waals surface area contributed by atoms with Crippen LogP contribution >= 0.6 is 0 Å². The van der Waals surface area contributed by atoms with E-state index in [-0.39, 0.29) is 12.5 Å². The first-order chi connectivity index (χ1) is 12.8. The lowest BCUT2D eigenvalue weighted by Crippen LogP contribution is -2.23. The fraction of sp³-hybridized carbons (Fsp3) is 0.389. The molecule has 1 aliphatic carbocycles. The highest BCUT2D eigenvalue weighted by Gasteiger charge is 2.19.